The minimum absolute atomic E-state index is 0.0712. The lowest BCUT2D eigenvalue weighted by atomic mass is 10.1. The average Bonchev–Trinajstić information content (AvgIpc) is 2.62. The van der Waals surface area contributed by atoms with E-state index in [1.807, 2.05) is 30.3 Å². The molecule has 8 heteroatoms. The van der Waals surface area contributed by atoms with Crippen LogP contribution >= 0.6 is 0 Å². The van der Waals surface area contributed by atoms with Gasteiger partial charge in [-0.15, -0.1) is 0 Å². The highest BCUT2D eigenvalue weighted by atomic mass is 32.2. The summed E-state index contributed by atoms with van der Waals surface area (Å²) in [6.45, 7) is 0. The second kappa shape index (κ2) is 7.18. The third kappa shape index (κ3) is 4.33. The van der Waals surface area contributed by atoms with E-state index in [0.717, 1.165) is 5.69 Å². The summed E-state index contributed by atoms with van der Waals surface area (Å²) in [6, 6.07) is 9.44. The first-order valence-corrected chi connectivity index (χ1v) is 9.88. The molecule has 0 bridgehead atoms. The number of rotatable bonds is 4. The molecule has 25 heavy (non-hydrogen) atoms. The van der Waals surface area contributed by atoms with Gasteiger partial charge in [0.05, 0.1) is 17.1 Å². The second-order valence-electron chi connectivity index (χ2n) is 6.09. The van der Waals surface area contributed by atoms with Gasteiger partial charge in [-0.25, -0.2) is 18.4 Å². The quantitative estimate of drug-likeness (QED) is 0.895. The van der Waals surface area contributed by atoms with E-state index in [0.29, 0.717) is 24.4 Å². The van der Waals surface area contributed by atoms with Crippen LogP contribution in [-0.4, -0.2) is 53.8 Å². The Labute approximate surface area is 147 Å². The van der Waals surface area contributed by atoms with Crippen LogP contribution in [0.25, 0.3) is 0 Å². The van der Waals surface area contributed by atoms with Crippen LogP contribution < -0.4 is 5.32 Å². The van der Waals surface area contributed by atoms with Crippen molar-refractivity contribution in [2.75, 3.05) is 23.9 Å². The number of carbonyl (C=O) groups excluding carboxylic acids is 1. The summed E-state index contributed by atoms with van der Waals surface area (Å²) in [7, 11) is -1.25. The molecule has 0 saturated carbocycles. The van der Waals surface area contributed by atoms with Gasteiger partial charge in [-0.2, -0.15) is 0 Å². The minimum atomic E-state index is -2.95. The Morgan fingerprint density at radius 2 is 1.72 bits per heavy atom. The molecule has 3 rings (SSSR count). The smallest absolute Gasteiger partial charge is 0.256 e. The standard InChI is InChI=1S/C17H20N4O3S/c1-21(15-7-9-25(23,24)10-8-15)16(22)13-11-18-17(19-12-13)20-14-5-3-2-4-6-14/h2-6,11-12,15H,7-10H2,1H3,(H,18,19,20). The first-order chi connectivity index (χ1) is 11.9. The Hall–Kier alpha value is -2.48. The Kier molecular flexibility index (Phi) is 4.98. The molecule has 0 spiro atoms. The number of sulfone groups is 1. The van der Waals surface area contributed by atoms with Crippen LogP contribution in [0.5, 0.6) is 0 Å². The highest BCUT2D eigenvalue weighted by Gasteiger charge is 2.29. The SMILES string of the molecule is CN(C(=O)c1cnc(Nc2ccccc2)nc1)C1CCS(=O)(=O)CC1. The van der Waals surface area contributed by atoms with Gasteiger partial charge in [-0.05, 0) is 25.0 Å². The van der Waals surface area contributed by atoms with Crippen molar-refractivity contribution in [1.29, 1.82) is 0 Å². The van der Waals surface area contributed by atoms with Gasteiger partial charge in [0, 0.05) is 31.2 Å². The van der Waals surface area contributed by atoms with Gasteiger partial charge in [-0.3, -0.25) is 4.79 Å². The molecular weight excluding hydrogens is 340 g/mol. The maximum absolute atomic E-state index is 12.6. The van der Waals surface area contributed by atoms with E-state index < -0.39 is 9.84 Å². The molecule has 2 heterocycles. The van der Waals surface area contributed by atoms with E-state index in [2.05, 4.69) is 15.3 Å². The number of amides is 1. The Morgan fingerprint density at radius 1 is 1.12 bits per heavy atom. The normalized spacial score (nSPS) is 17.0. The predicted octanol–water partition coefficient (Wildman–Crippen LogP) is 1.87. The first-order valence-electron chi connectivity index (χ1n) is 8.06. The van der Waals surface area contributed by atoms with Crippen molar-refractivity contribution in [3.05, 3.63) is 48.3 Å². The van der Waals surface area contributed by atoms with Crippen molar-refractivity contribution in [3.8, 4) is 0 Å². The van der Waals surface area contributed by atoms with Gasteiger partial charge in [-0.1, -0.05) is 18.2 Å². The van der Waals surface area contributed by atoms with Crippen LogP contribution in [0.15, 0.2) is 42.7 Å². The highest BCUT2D eigenvalue weighted by Crippen LogP contribution is 2.19. The van der Waals surface area contributed by atoms with Crippen molar-refractivity contribution in [2.45, 2.75) is 18.9 Å². The van der Waals surface area contributed by atoms with Crippen molar-refractivity contribution in [2.24, 2.45) is 0 Å². The molecule has 1 aliphatic rings. The van der Waals surface area contributed by atoms with Gasteiger partial charge in [0.15, 0.2) is 0 Å². The summed E-state index contributed by atoms with van der Waals surface area (Å²) < 4.78 is 23.0. The van der Waals surface area contributed by atoms with E-state index in [1.54, 1.807) is 11.9 Å². The number of para-hydroxylation sites is 1. The number of aromatic nitrogens is 2. The summed E-state index contributed by atoms with van der Waals surface area (Å²) in [4.78, 5) is 22.5. The van der Waals surface area contributed by atoms with Crippen LogP contribution in [-0.2, 0) is 9.84 Å². The Morgan fingerprint density at radius 3 is 2.32 bits per heavy atom. The number of hydrogen-bond donors (Lipinski definition) is 1. The molecular formula is C17H20N4O3S. The summed E-state index contributed by atoms with van der Waals surface area (Å²) in [5.41, 5.74) is 1.25. The zero-order chi connectivity index (χ0) is 17.9. The number of nitrogens with zero attached hydrogens (tertiary/aromatic N) is 3. The molecule has 1 aromatic heterocycles. The summed E-state index contributed by atoms with van der Waals surface area (Å²) in [5, 5.41) is 3.06. The van der Waals surface area contributed by atoms with Crippen LogP contribution in [0.3, 0.4) is 0 Å². The van der Waals surface area contributed by atoms with E-state index in [-0.39, 0.29) is 23.5 Å². The molecule has 0 atom stereocenters. The fraction of sp³-hybridized carbons (Fsp3) is 0.353. The minimum Gasteiger partial charge on any atom is -0.339 e. The molecule has 7 nitrogen and oxygen atoms in total. The molecule has 0 unspecified atom stereocenters. The van der Waals surface area contributed by atoms with E-state index >= 15 is 0 Å². The number of nitrogens with one attached hydrogen (secondary N) is 1. The molecule has 1 aliphatic heterocycles. The average molecular weight is 360 g/mol. The van der Waals surface area contributed by atoms with E-state index in [9.17, 15) is 13.2 Å². The second-order valence-corrected chi connectivity index (χ2v) is 8.39. The zero-order valence-electron chi connectivity index (χ0n) is 13.9. The van der Waals surface area contributed by atoms with E-state index in [1.165, 1.54) is 12.4 Å². The highest BCUT2D eigenvalue weighted by molar-refractivity contribution is 7.91. The first kappa shape index (κ1) is 17.3. The van der Waals surface area contributed by atoms with Gasteiger partial charge in [0.25, 0.3) is 5.91 Å². The van der Waals surface area contributed by atoms with Crippen LogP contribution in [0.2, 0.25) is 0 Å². The molecule has 0 aliphatic carbocycles. The van der Waals surface area contributed by atoms with Crippen LogP contribution in [0.1, 0.15) is 23.2 Å². The van der Waals surface area contributed by atoms with Gasteiger partial charge >= 0.3 is 0 Å². The van der Waals surface area contributed by atoms with Crippen LogP contribution in [0, 0.1) is 0 Å². The maximum atomic E-state index is 12.6. The Balaban J connectivity index is 1.64. The summed E-state index contributed by atoms with van der Waals surface area (Å²) >= 11 is 0. The topological polar surface area (TPSA) is 92.3 Å². The fourth-order valence-electron chi connectivity index (χ4n) is 2.79. The molecule has 1 N–H and O–H groups in total. The molecule has 1 aromatic carbocycles. The lowest BCUT2D eigenvalue weighted by Gasteiger charge is -2.31. The number of hydrogen-bond acceptors (Lipinski definition) is 6. The zero-order valence-corrected chi connectivity index (χ0v) is 14.7. The lowest BCUT2D eigenvalue weighted by Crippen LogP contribution is -2.42. The number of carbonyl (C=O) groups is 1. The van der Waals surface area contributed by atoms with Crippen molar-refractivity contribution >= 4 is 27.4 Å². The van der Waals surface area contributed by atoms with Crippen molar-refractivity contribution < 1.29 is 13.2 Å². The maximum Gasteiger partial charge on any atom is 0.256 e. The predicted molar refractivity (Wildman–Crippen MR) is 95.5 cm³/mol. The number of benzene rings is 1. The van der Waals surface area contributed by atoms with E-state index in [4.69, 9.17) is 0 Å². The molecule has 132 valence electrons. The summed E-state index contributed by atoms with van der Waals surface area (Å²) in [5.74, 6) is 0.474. The van der Waals surface area contributed by atoms with Crippen LogP contribution in [0.4, 0.5) is 11.6 Å². The number of anilines is 2. The monoisotopic (exact) mass is 360 g/mol. The molecule has 0 radical (unpaired) electrons. The summed E-state index contributed by atoms with van der Waals surface area (Å²) in [6.07, 6.45) is 3.91. The molecule has 1 saturated heterocycles. The van der Waals surface area contributed by atoms with Gasteiger partial charge < -0.3 is 10.2 Å². The fourth-order valence-corrected chi connectivity index (χ4v) is 4.25. The third-order valence-electron chi connectivity index (χ3n) is 4.32. The molecule has 2 aromatic rings. The Bertz CT molecular complexity index is 824. The van der Waals surface area contributed by atoms with Gasteiger partial charge in [0.2, 0.25) is 5.95 Å². The van der Waals surface area contributed by atoms with Crippen molar-refractivity contribution in [3.63, 3.8) is 0 Å². The largest absolute Gasteiger partial charge is 0.339 e. The third-order valence-corrected chi connectivity index (χ3v) is 6.04. The van der Waals surface area contributed by atoms with Crippen molar-refractivity contribution in [1.82, 2.24) is 14.9 Å². The molecule has 1 fully saturated rings. The lowest BCUT2D eigenvalue weighted by molar-refractivity contribution is 0.0721. The molecule has 1 amide bonds. The van der Waals surface area contributed by atoms with Gasteiger partial charge in [0.1, 0.15) is 9.84 Å².